The minimum Gasteiger partial charge on any atom is -0.497 e. The van der Waals surface area contributed by atoms with Crippen LogP contribution in [0.1, 0.15) is 0 Å². The zero-order valence-corrected chi connectivity index (χ0v) is 8.86. The van der Waals surface area contributed by atoms with E-state index in [1.54, 1.807) is 24.3 Å². The first-order valence-electron chi connectivity index (χ1n) is 4.71. The Labute approximate surface area is 95.2 Å². The molecule has 0 unspecified atom stereocenters. The summed E-state index contributed by atoms with van der Waals surface area (Å²) < 4.78 is 46.2. The summed E-state index contributed by atoms with van der Waals surface area (Å²) in [5.74, 6) is -0.609. The lowest BCUT2D eigenvalue weighted by Gasteiger charge is -2.11. The van der Waals surface area contributed by atoms with E-state index in [0.29, 0.717) is 11.4 Å². The van der Waals surface area contributed by atoms with Gasteiger partial charge < -0.3 is 9.47 Å². The van der Waals surface area contributed by atoms with E-state index in [-0.39, 0.29) is 6.73 Å². The van der Waals surface area contributed by atoms with Crippen molar-refractivity contribution >= 4 is 11.6 Å². The van der Waals surface area contributed by atoms with Crippen molar-refractivity contribution in [2.24, 2.45) is 5.10 Å². The van der Waals surface area contributed by atoms with Crippen molar-refractivity contribution in [2.75, 3.05) is 18.8 Å². The van der Waals surface area contributed by atoms with Crippen LogP contribution in [0.15, 0.2) is 29.4 Å². The quantitative estimate of drug-likeness (QED) is 0.803. The molecule has 1 aromatic carbocycles. The molecular weight excluding hydrogens is 237 g/mol. The van der Waals surface area contributed by atoms with E-state index in [1.807, 2.05) is 0 Å². The van der Waals surface area contributed by atoms with Gasteiger partial charge in [0.15, 0.2) is 6.73 Å². The maximum absolute atomic E-state index is 12.3. The van der Waals surface area contributed by atoms with Gasteiger partial charge in [-0.3, -0.25) is 0 Å². The molecule has 0 fully saturated rings. The Hall–Kier alpha value is -1.92. The number of ether oxygens (including phenoxy) is 2. The topological polar surface area (TPSA) is 34.1 Å². The van der Waals surface area contributed by atoms with E-state index >= 15 is 0 Å². The predicted molar refractivity (Wildman–Crippen MR) is 54.9 cm³/mol. The molecule has 17 heavy (non-hydrogen) atoms. The molecule has 1 heterocycles. The molecule has 1 aliphatic rings. The van der Waals surface area contributed by atoms with Crippen LogP contribution < -0.4 is 9.75 Å². The van der Waals surface area contributed by atoms with Crippen LogP contribution in [0, 0.1) is 0 Å². The van der Waals surface area contributed by atoms with Crippen molar-refractivity contribution in [2.45, 2.75) is 6.18 Å². The van der Waals surface area contributed by atoms with Gasteiger partial charge in [0.1, 0.15) is 5.75 Å². The van der Waals surface area contributed by atoms with Crippen molar-refractivity contribution in [1.82, 2.24) is 0 Å². The summed E-state index contributed by atoms with van der Waals surface area (Å²) in [6.45, 7) is -0.249. The van der Waals surface area contributed by atoms with Gasteiger partial charge in [-0.15, -0.1) is 5.10 Å². The molecular formula is C10H9F3N2O2. The molecule has 0 amide bonds. The number of nitrogens with zero attached hydrogens (tertiary/aromatic N) is 2. The largest absolute Gasteiger partial charge is 0.497 e. The number of anilines is 1. The minimum atomic E-state index is -4.55. The lowest BCUT2D eigenvalue weighted by molar-refractivity contribution is -0.0752. The molecule has 0 aromatic heterocycles. The molecule has 0 atom stereocenters. The Kier molecular flexibility index (Phi) is 2.83. The first-order valence-corrected chi connectivity index (χ1v) is 4.71. The Morgan fingerprint density at radius 2 is 1.94 bits per heavy atom. The molecule has 0 N–H and O–H groups in total. The molecule has 0 saturated carbocycles. The third-order valence-electron chi connectivity index (χ3n) is 2.15. The summed E-state index contributed by atoms with van der Waals surface area (Å²) in [5.41, 5.74) is 0.505. The van der Waals surface area contributed by atoms with E-state index in [0.717, 1.165) is 5.01 Å². The smallest absolute Gasteiger partial charge is 0.470 e. The van der Waals surface area contributed by atoms with Gasteiger partial charge in [0.2, 0.25) is 0 Å². The van der Waals surface area contributed by atoms with Gasteiger partial charge in [0, 0.05) is 0 Å². The zero-order valence-electron chi connectivity index (χ0n) is 8.86. The van der Waals surface area contributed by atoms with Crippen molar-refractivity contribution in [3.8, 4) is 5.75 Å². The molecule has 2 rings (SSSR count). The Bertz CT molecular complexity index is 428. The number of hydrazone groups is 1. The number of halogens is 3. The number of hydrogen-bond donors (Lipinski definition) is 0. The Balaban J connectivity index is 2.16. The second-order valence-corrected chi connectivity index (χ2v) is 3.27. The van der Waals surface area contributed by atoms with Crippen LogP contribution in [0.2, 0.25) is 0 Å². The van der Waals surface area contributed by atoms with E-state index < -0.39 is 12.1 Å². The molecule has 0 spiro atoms. The van der Waals surface area contributed by atoms with Gasteiger partial charge in [0.25, 0.3) is 0 Å². The number of benzene rings is 1. The van der Waals surface area contributed by atoms with Crippen molar-refractivity contribution < 1.29 is 22.6 Å². The lowest BCUT2D eigenvalue weighted by atomic mass is 10.3. The van der Waals surface area contributed by atoms with Crippen LogP contribution in [0.3, 0.4) is 0 Å². The number of methoxy groups -OCH3 is 1. The van der Waals surface area contributed by atoms with E-state index in [2.05, 4.69) is 9.84 Å². The summed E-state index contributed by atoms with van der Waals surface area (Å²) >= 11 is 0. The molecule has 7 heteroatoms. The van der Waals surface area contributed by atoms with E-state index in [4.69, 9.17) is 4.74 Å². The van der Waals surface area contributed by atoms with Crippen LogP contribution in [0.4, 0.5) is 18.9 Å². The van der Waals surface area contributed by atoms with Crippen molar-refractivity contribution in [1.29, 1.82) is 0 Å². The molecule has 0 radical (unpaired) electrons. The van der Waals surface area contributed by atoms with E-state index in [1.165, 1.54) is 7.11 Å². The summed E-state index contributed by atoms with van der Waals surface area (Å²) in [4.78, 5) is 0. The third-order valence-corrected chi connectivity index (χ3v) is 2.15. The molecule has 0 saturated heterocycles. The minimum absolute atomic E-state index is 0.249. The normalized spacial score (nSPS) is 15.5. The van der Waals surface area contributed by atoms with Gasteiger partial charge in [-0.25, -0.2) is 5.01 Å². The van der Waals surface area contributed by atoms with Crippen LogP contribution in [0.25, 0.3) is 0 Å². The molecule has 0 bridgehead atoms. The average molecular weight is 246 g/mol. The highest BCUT2D eigenvalue weighted by molar-refractivity contribution is 5.84. The number of alkyl halides is 3. The van der Waals surface area contributed by atoms with Gasteiger partial charge in [0.05, 0.1) is 12.8 Å². The third kappa shape index (κ3) is 2.43. The highest BCUT2D eigenvalue weighted by atomic mass is 19.4. The van der Waals surface area contributed by atoms with Crippen LogP contribution in [-0.2, 0) is 4.74 Å². The predicted octanol–water partition coefficient (Wildman–Crippen LogP) is 2.37. The van der Waals surface area contributed by atoms with Gasteiger partial charge in [-0.1, -0.05) is 0 Å². The monoisotopic (exact) mass is 246 g/mol. The second-order valence-electron chi connectivity index (χ2n) is 3.27. The highest BCUT2D eigenvalue weighted by Crippen LogP contribution is 2.26. The second kappa shape index (κ2) is 4.15. The molecule has 1 aliphatic heterocycles. The number of hydrogen-bond acceptors (Lipinski definition) is 4. The van der Waals surface area contributed by atoms with Crippen molar-refractivity contribution in [3.63, 3.8) is 0 Å². The molecule has 0 aliphatic carbocycles. The maximum Gasteiger partial charge on any atom is 0.470 e. The van der Waals surface area contributed by atoms with Gasteiger partial charge >= 0.3 is 12.1 Å². The highest BCUT2D eigenvalue weighted by Gasteiger charge is 2.42. The van der Waals surface area contributed by atoms with E-state index in [9.17, 15) is 13.2 Å². The fourth-order valence-electron chi connectivity index (χ4n) is 1.31. The van der Waals surface area contributed by atoms with Crippen LogP contribution >= 0.6 is 0 Å². The van der Waals surface area contributed by atoms with Crippen LogP contribution in [-0.4, -0.2) is 25.9 Å². The summed E-state index contributed by atoms with van der Waals surface area (Å²) in [6, 6.07) is 6.48. The SMILES string of the molecule is COc1ccc(N2COC(C(F)(F)F)=N2)cc1. The lowest BCUT2D eigenvalue weighted by Crippen LogP contribution is -2.22. The van der Waals surface area contributed by atoms with Gasteiger partial charge in [-0.2, -0.15) is 13.2 Å². The molecule has 92 valence electrons. The fraction of sp³-hybridized carbons (Fsp3) is 0.300. The first-order chi connectivity index (χ1) is 8.00. The Morgan fingerprint density at radius 1 is 1.29 bits per heavy atom. The zero-order chi connectivity index (χ0) is 12.5. The van der Waals surface area contributed by atoms with Gasteiger partial charge in [-0.05, 0) is 24.3 Å². The summed E-state index contributed by atoms with van der Waals surface area (Å²) in [7, 11) is 1.51. The first kappa shape index (κ1) is 11.6. The number of rotatable bonds is 2. The molecule has 4 nitrogen and oxygen atoms in total. The Morgan fingerprint density at radius 3 is 2.41 bits per heavy atom. The summed E-state index contributed by atoms with van der Waals surface area (Å²) in [5, 5.41) is 4.47. The summed E-state index contributed by atoms with van der Waals surface area (Å²) in [6.07, 6.45) is -4.55. The molecule has 1 aromatic rings. The maximum atomic E-state index is 12.3. The van der Waals surface area contributed by atoms with Crippen molar-refractivity contribution in [3.05, 3.63) is 24.3 Å². The average Bonchev–Trinajstić information content (AvgIpc) is 2.78. The fourth-order valence-corrected chi connectivity index (χ4v) is 1.31. The van der Waals surface area contributed by atoms with Crippen LogP contribution in [0.5, 0.6) is 5.75 Å². The standard InChI is InChI=1S/C10H9F3N2O2/c1-16-8-4-2-7(3-5-8)15-6-17-9(14-15)10(11,12)13/h2-5H,6H2,1H3.